The number of benzene rings is 1. The van der Waals surface area contributed by atoms with Gasteiger partial charge in [-0.15, -0.1) is 0 Å². The Labute approximate surface area is 170 Å². The molecule has 0 atom stereocenters. The molecule has 0 amide bonds. The van der Waals surface area contributed by atoms with E-state index in [0.29, 0.717) is 17.5 Å². The summed E-state index contributed by atoms with van der Waals surface area (Å²) in [5, 5.41) is 17.0. The fourth-order valence-electron chi connectivity index (χ4n) is 4.22. The molecule has 5 rings (SSSR count). The standard InChI is InChI=1S/C22H28N4O3/c27-20(28)17-3-1-15(2-4-17)13-26-11-7-16(8-12-26)19-24-21(25-29-19)22(9-10-22)14-23-18-5-6-18/h1-4,16,18,23H,5-14H2,(H,27,28). The highest BCUT2D eigenvalue weighted by atomic mass is 16.5. The average Bonchev–Trinajstić information content (AvgIpc) is 3.66. The van der Waals surface area contributed by atoms with Crippen molar-refractivity contribution in [3.63, 3.8) is 0 Å². The first-order valence-electron chi connectivity index (χ1n) is 10.7. The average molecular weight is 396 g/mol. The van der Waals surface area contributed by atoms with Crippen molar-refractivity contribution in [2.75, 3.05) is 19.6 Å². The van der Waals surface area contributed by atoms with Crippen LogP contribution in [0.2, 0.25) is 0 Å². The van der Waals surface area contributed by atoms with Gasteiger partial charge in [0.2, 0.25) is 5.89 Å². The Morgan fingerprint density at radius 1 is 1.17 bits per heavy atom. The number of piperidine rings is 1. The van der Waals surface area contributed by atoms with E-state index in [0.717, 1.165) is 69.1 Å². The van der Waals surface area contributed by atoms with E-state index in [-0.39, 0.29) is 5.41 Å². The van der Waals surface area contributed by atoms with Crippen LogP contribution < -0.4 is 5.32 Å². The Kier molecular flexibility index (Phi) is 4.87. The molecule has 0 bridgehead atoms. The summed E-state index contributed by atoms with van der Waals surface area (Å²) in [6.07, 6.45) is 6.95. The summed E-state index contributed by atoms with van der Waals surface area (Å²) in [6, 6.07) is 7.88. The van der Waals surface area contributed by atoms with E-state index in [2.05, 4.69) is 15.4 Å². The SMILES string of the molecule is O=C(O)c1ccc(CN2CCC(c3nc(C4(CNC5CC5)CC4)no3)CC2)cc1. The van der Waals surface area contributed by atoms with Gasteiger partial charge in [0.05, 0.1) is 5.56 Å². The van der Waals surface area contributed by atoms with E-state index in [1.807, 2.05) is 12.1 Å². The zero-order valence-electron chi connectivity index (χ0n) is 16.6. The van der Waals surface area contributed by atoms with E-state index in [1.54, 1.807) is 12.1 Å². The molecule has 7 heteroatoms. The van der Waals surface area contributed by atoms with Crippen molar-refractivity contribution in [2.24, 2.45) is 0 Å². The van der Waals surface area contributed by atoms with Gasteiger partial charge in [0, 0.05) is 30.5 Å². The third-order valence-corrected chi connectivity index (χ3v) is 6.62. The number of carbonyl (C=O) groups is 1. The molecule has 29 heavy (non-hydrogen) atoms. The fourth-order valence-corrected chi connectivity index (χ4v) is 4.22. The minimum atomic E-state index is -0.882. The van der Waals surface area contributed by atoms with Gasteiger partial charge in [0.25, 0.3) is 0 Å². The largest absolute Gasteiger partial charge is 0.478 e. The maximum atomic E-state index is 11.0. The maximum Gasteiger partial charge on any atom is 0.335 e. The van der Waals surface area contributed by atoms with Gasteiger partial charge in [-0.1, -0.05) is 17.3 Å². The molecular formula is C22H28N4O3. The minimum Gasteiger partial charge on any atom is -0.478 e. The van der Waals surface area contributed by atoms with Gasteiger partial charge in [-0.2, -0.15) is 4.98 Å². The van der Waals surface area contributed by atoms with Crippen LogP contribution in [0.4, 0.5) is 0 Å². The van der Waals surface area contributed by atoms with Crippen molar-refractivity contribution in [1.82, 2.24) is 20.4 Å². The lowest BCUT2D eigenvalue weighted by molar-refractivity contribution is 0.0697. The Hall–Kier alpha value is -2.25. The van der Waals surface area contributed by atoms with Gasteiger partial charge in [0.15, 0.2) is 5.82 Å². The van der Waals surface area contributed by atoms with Crippen molar-refractivity contribution in [1.29, 1.82) is 0 Å². The van der Waals surface area contributed by atoms with Gasteiger partial charge in [-0.3, -0.25) is 4.90 Å². The molecule has 7 nitrogen and oxygen atoms in total. The predicted octanol–water partition coefficient (Wildman–Crippen LogP) is 2.93. The van der Waals surface area contributed by atoms with Crippen LogP contribution >= 0.6 is 0 Å². The minimum absolute atomic E-state index is 0.118. The van der Waals surface area contributed by atoms with Crippen LogP contribution in [0, 0.1) is 0 Å². The summed E-state index contributed by atoms with van der Waals surface area (Å²) < 4.78 is 5.68. The third kappa shape index (κ3) is 4.21. The van der Waals surface area contributed by atoms with Crippen LogP contribution in [-0.4, -0.2) is 51.8 Å². The number of nitrogens with one attached hydrogen (secondary N) is 1. The lowest BCUT2D eigenvalue weighted by atomic mass is 9.96. The van der Waals surface area contributed by atoms with Gasteiger partial charge >= 0.3 is 5.97 Å². The maximum absolute atomic E-state index is 11.0. The molecule has 0 spiro atoms. The van der Waals surface area contributed by atoms with Gasteiger partial charge in [-0.25, -0.2) is 4.79 Å². The number of rotatable bonds is 8. The molecule has 2 aliphatic carbocycles. The van der Waals surface area contributed by atoms with Crippen molar-refractivity contribution < 1.29 is 14.4 Å². The predicted molar refractivity (Wildman–Crippen MR) is 107 cm³/mol. The number of hydrogen-bond acceptors (Lipinski definition) is 6. The molecule has 1 aliphatic heterocycles. The number of nitrogens with zero attached hydrogens (tertiary/aromatic N) is 3. The van der Waals surface area contributed by atoms with Gasteiger partial charge in [0.1, 0.15) is 0 Å². The topological polar surface area (TPSA) is 91.5 Å². The van der Waals surface area contributed by atoms with Crippen LogP contribution in [0.15, 0.2) is 28.8 Å². The second-order valence-corrected chi connectivity index (χ2v) is 8.94. The molecule has 1 saturated heterocycles. The van der Waals surface area contributed by atoms with Crippen LogP contribution in [0.5, 0.6) is 0 Å². The molecule has 3 aliphatic rings. The first-order valence-corrected chi connectivity index (χ1v) is 10.7. The summed E-state index contributed by atoms with van der Waals surface area (Å²) in [7, 11) is 0. The molecule has 1 aromatic heterocycles. The molecule has 2 saturated carbocycles. The number of aromatic carboxylic acids is 1. The van der Waals surface area contributed by atoms with Crippen molar-refractivity contribution >= 4 is 5.97 Å². The highest BCUT2D eigenvalue weighted by Crippen LogP contribution is 2.47. The quantitative estimate of drug-likeness (QED) is 0.709. The highest BCUT2D eigenvalue weighted by molar-refractivity contribution is 5.87. The summed E-state index contributed by atoms with van der Waals surface area (Å²) in [5.74, 6) is 1.17. The molecule has 2 N–H and O–H groups in total. The number of carboxylic acids is 1. The summed E-state index contributed by atoms with van der Waals surface area (Å²) in [6.45, 7) is 3.79. The highest BCUT2D eigenvalue weighted by Gasteiger charge is 2.49. The molecule has 0 unspecified atom stereocenters. The van der Waals surface area contributed by atoms with Crippen LogP contribution in [0.1, 0.15) is 72.1 Å². The second kappa shape index (κ2) is 7.54. The monoisotopic (exact) mass is 396 g/mol. The Morgan fingerprint density at radius 2 is 1.90 bits per heavy atom. The van der Waals surface area contributed by atoms with Gasteiger partial charge in [-0.05, 0) is 69.3 Å². The molecule has 3 fully saturated rings. The first-order chi connectivity index (χ1) is 14.1. The number of carboxylic acid groups (broad SMARTS) is 1. The fraction of sp³-hybridized carbons (Fsp3) is 0.591. The van der Waals surface area contributed by atoms with Gasteiger partial charge < -0.3 is 14.9 Å². The summed E-state index contributed by atoms with van der Waals surface area (Å²) in [4.78, 5) is 18.2. The van der Waals surface area contributed by atoms with Crippen LogP contribution in [0.3, 0.4) is 0 Å². The Morgan fingerprint density at radius 3 is 2.52 bits per heavy atom. The normalized spacial score (nSPS) is 21.9. The molecule has 1 aromatic carbocycles. The summed E-state index contributed by atoms with van der Waals surface area (Å²) in [5.41, 5.74) is 1.60. The zero-order valence-corrected chi connectivity index (χ0v) is 16.6. The number of hydrogen-bond donors (Lipinski definition) is 2. The molecule has 154 valence electrons. The van der Waals surface area contributed by atoms with Crippen LogP contribution in [-0.2, 0) is 12.0 Å². The second-order valence-electron chi connectivity index (χ2n) is 8.94. The molecule has 2 heterocycles. The van der Waals surface area contributed by atoms with Crippen molar-refractivity contribution in [3.8, 4) is 0 Å². The first kappa shape index (κ1) is 18.8. The smallest absolute Gasteiger partial charge is 0.335 e. The third-order valence-electron chi connectivity index (χ3n) is 6.62. The number of aromatic nitrogens is 2. The van der Waals surface area contributed by atoms with E-state index in [4.69, 9.17) is 14.6 Å². The van der Waals surface area contributed by atoms with E-state index < -0.39 is 5.97 Å². The van der Waals surface area contributed by atoms with Crippen molar-refractivity contribution in [2.45, 2.75) is 62.4 Å². The van der Waals surface area contributed by atoms with Crippen LogP contribution in [0.25, 0.3) is 0 Å². The zero-order chi connectivity index (χ0) is 19.8. The molecular weight excluding hydrogens is 368 g/mol. The Bertz CT molecular complexity index is 862. The molecule has 2 aromatic rings. The summed E-state index contributed by atoms with van der Waals surface area (Å²) >= 11 is 0. The van der Waals surface area contributed by atoms with Crippen molar-refractivity contribution in [3.05, 3.63) is 47.1 Å². The van der Waals surface area contributed by atoms with E-state index >= 15 is 0 Å². The number of likely N-dealkylation sites (tertiary alicyclic amines) is 1. The van der Waals surface area contributed by atoms with E-state index in [1.165, 1.54) is 12.8 Å². The lowest BCUT2D eigenvalue weighted by Gasteiger charge is -2.30. The lowest BCUT2D eigenvalue weighted by Crippen LogP contribution is -2.32. The van der Waals surface area contributed by atoms with E-state index in [9.17, 15) is 4.79 Å². The molecule has 0 radical (unpaired) electrons. The Balaban J connectivity index is 1.14.